The van der Waals surface area contributed by atoms with E-state index in [1.807, 2.05) is 13.8 Å². The Morgan fingerprint density at radius 2 is 2.10 bits per heavy atom. The van der Waals surface area contributed by atoms with E-state index in [0.29, 0.717) is 32.1 Å². The molecule has 20 heavy (non-hydrogen) atoms. The first-order valence-electron chi connectivity index (χ1n) is 6.72. The Morgan fingerprint density at radius 3 is 2.70 bits per heavy atom. The van der Waals surface area contributed by atoms with E-state index in [0.717, 1.165) is 0 Å². The van der Waals surface area contributed by atoms with Crippen molar-refractivity contribution in [3.63, 3.8) is 0 Å². The van der Waals surface area contributed by atoms with Gasteiger partial charge in [0, 0.05) is 26.2 Å². The highest BCUT2D eigenvalue weighted by Crippen LogP contribution is 2.02. The zero-order chi connectivity index (χ0) is 15.1. The molecule has 8 heteroatoms. The SMILES string of the molecule is CC(C)CNC(=O)NC(=O)CN1CCNCC1C(N)=O. The third-order valence-electron chi connectivity index (χ3n) is 2.95. The number of hydrogen-bond acceptors (Lipinski definition) is 5. The van der Waals surface area contributed by atoms with Crippen molar-refractivity contribution < 1.29 is 14.4 Å². The summed E-state index contributed by atoms with van der Waals surface area (Å²) < 4.78 is 0. The number of imide groups is 1. The molecule has 4 amide bonds. The molecule has 8 nitrogen and oxygen atoms in total. The first-order chi connectivity index (χ1) is 9.40. The lowest BCUT2D eigenvalue weighted by molar-refractivity contribution is -0.127. The topological polar surface area (TPSA) is 117 Å². The van der Waals surface area contributed by atoms with Gasteiger partial charge in [0.2, 0.25) is 11.8 Å². The van der Waals surface area contributed by atoms with Gasteiger partial charge in [0.05, 0.1) is 6.54 Å². The fraction of sp³-hybridized carbons (Fsp3) is 0.750. The number of carbonyl (C=O) groups is 3. The molecule has 0 radical (unpaired) electrons. The summed E-state index contributed by atoms with van der Waals surface area (Å²) in [5, 5.41) is 7.87. The third kappa shape index (κ3) is 5.54. The maximum atomic E-state index is 11.7. The highest BCUT2D eigenvalue weighted by Gasteiger charge is 2.28. The summed E-state index contributed by atoms with van der Waals surface area (Å²) in [6.07, 6.45) is 0. The summed E-state index contributed by atoms with van der Waals surface area (Å²) in [6.45, 7) is 6.02. The number of rotatable bonds is 5. The van der Waals surface area contributed by atoms with Crippen molar-refractivity contribution in [2.24, 2.45) is 11.7 Å². The average molecular weight is 285 g/mol. The smallest absolute Gasteiger partial charge is 0.321 e. The molecule has 1 aliphatic rings. The summed E-state index contributed by atoms with van der Waals surface area (Å²) in [5.41, 5.74) is 5.28. The lowest BCUT2D eigenvalue weighted by Gasteiger charge is -2.33. The second-order valence-corrected chi connectivity index (χ2v) is 5.24. The molecule has 1 saturated heterocycles. The van der Waals surface area contributed by atoms with Crippen molar-refractivity contribution in [2.45, 2.75) is 19.9 Å². The van der Waals surface area contributed by atoms with Gasteiger partial charge in [-0.2, -0.15) is 0 Å². The van der Waals surface area contributed by atoms with E-state index in [1.165, 1.54) is 0 Å². The Hall–Kier alpha value is -1.67. The molecule has 5 N–H and O–H groups in total. The molecule has 0 saturated carbocycles. The van der Waals surface area contributed by atoms with Crippen LogP contribution in [-0.4, -0.2) is 61.5 Å². The Balaban J connectivity index is 2.40. The van der Waals surface area contributed by atoms with Gasteiger partial charge in [-0.05, 0) is 5.92 Å². The van der Waals surface area contributed by atoms with E-state index in [9.17, 15) is 14.4 Å². The first-order valence-corrected chi connectivity index (χ1v) is 6.72. The number of amides is 4. The molecule has 1 aliphatic heterocycles. The minimum absolute atomic E-state index is 0.0234. The van der Waals surface area contributed by atoms with Crippen molar-refractivity contribution in [1.82, 2.24) is 20.9 Å². The highest BCUT2D eigenvalue weighted by molar-refractivity contribution is 5.95. The molecule has 1 rings (SSSR count). The number of urea groups is 1. The minimum Gasteiger partial charge on any atom is -0.368 e. The molecule has 0 aromatic rings. The van der Waals surface area contributed by atoms with Gasteiger partial charge in [-0.3, -0.25) is 19.8 Å². The van der Waals surface area contributed by atoms with Crippen LogP contribution in [0.1, 0.15) is 13.8 Å². The van der Waals surface area contributed by atoms with Gasteiger partial charge < -0.3 is 16.4 Å². The second-order valence-electron chi connectivity index (χ2n) is 5.24. The molecule has 0 spiro atoms. The van der Waals surface area contributed by atoms with Crippen LogP contribution in [0.4, 0.5) is 4.79 Å². The molecule has 1 fully saturated rings. The fourth-order valence-electron chi connectivity index (χ4n) is 1.91. The van der Waals surface area contributed by atoms with Gasteiger partial charge in [0.1, 0.15) is 6.04 Å². The molecular weight excluding hydrogens is 262 g/mol. The van der Waals surface area contributed by atoms with E-state index in [1.54, 1.807) is 4.90 Å². The van der Waals surface area contributed by atoms with E-state index < -0.39 is 23.9 Å². The van der Waals surface area contributed by atoms with E-state index in [-0.39, 0.29) is 6.54 Å². The van der Waals surface area contributed by atoms with E-state index in [4.69, 9.17) is 5.73 Å². The maximum Gasteiger partial charge on any atom is 0.321 e. The number of carbonyl (C=O) groups excluding carboxylic acids is 3. The Bertz CT molecular complexity index is 372. The molecule has 0 aromatic carbocycles. The monoisotopic (exact) mass is 285 g/mol. The Kier molecular flexibility index (Phi) is 6.40. The highest BCUT2D eigenvalue weighted by atomic mass is 16.2. The van der Waals surface area contributed by atoms with Gasteiger partial charge in [0.15, 0.2) is 0 Å². The van der Waals surface area contributed by atoms with Crippen LogP contribution in [-0.2, 0) is 9.59 Å². The van der Waals surface area contributed by atoms with Crippen LogP contribution in [0.3, 0.4) is 0 Å². The van der Waals surface area contributed by atoms with Gasteiger partial charge in [-0.15, -0.1) is 0 Å². The first kappa shape index (κ1) is 16.4. The number of nitrogens with one attached hydrogen (secondary N) is 3. The van der Waals surface area contributed by atoms with Crippen molar-refractivity contribution in [3.05, 3.63) is 0 Å². The standard InChI is InChI=1S/C12H23N5O3/c1-8(2)5-15-12(20)16-10(18)7-17-4-3-14-6-9(17)11(13)19/h8-9,14H,3-7H2,1-2H3,(H2,13,19)(H2,15,16,18,20). The van der Waals surface area contributed by atoms with Crippen LogP contribution in [0.25, 0.3) is 0 Å². The lowest BCUT2D eigenvalue weighted by atomic mass is 10.2. The number of piperazine rings is 1. The minimum atomic E-state index is -0.520. The predicted molar refractivity (Wildman–Crippen MR) is 73.8 cm³/mol. The summed E-state index contributed by atoms with van der Waals surface area (Å²) >= 11 is 0. The van der Waals surface area contributed by atoms with Crippen LogP contribution >= 0.6 is 0 Å². The molecule has 1 unspecified atom stereocenters. The number of hydrogen-bond donors (Lipinski definition) is 4. The van der Waals surface area contributed by atoms with Gasteiger partial charge >= 0.3 is 6.03 Å². The van der Waals surface area contributed by atoms with Crippen molar-refractivity contribution >= 4 is 17.8 Å². The van der Waals surface area contributed by atoms with Crippen molar-refractivity contribution in [2.75, 3.05) is 32.7 Å². The molecule has 0 aliphatic carbocycles. The van der Waals surface area contributed by atoms with Gasteiger partial charge in [-0.25, -0.2) is 4.79 Å². The maximum absolute atomic E-state index is 11.7. The quantitative estimate of drug-likeness (QED) is 0.477. The van der Waals surface area contributed by atoms with Crippen LogP contribution in [0.15, 0.2) is 0 Å². The third-order valence-corrected chi connectivity index (χ3v) is 2.95. The molecule has 0 aromatic heterocycles. The molecule has 1 atom stereocenters. The van der Waals surface area contributed by atoms with Gasteiger partial charge in [-0.1, -0.05) is 13.8 Å². The van der Waals surface area contributed by atoms with Crippen LogP contribution in [0.2, 0.25) is 0 Å². The molecule has 0 bridgehead atoms. The summed E-state index contributed by atoms with van der Waals surface area (Å²) in [4.78, 5) is 36.1. The Morgan fingerprint density at radius 1 is 1.40 bits per heavy atom. The fourth-order valence-corrected chi connectivity index (χ4v) is 1.91. The summed E-state index contributed by atoms with van der Waals surface area (Å²) in [7, 11) is 0. The number of nitrogens with zero attached hydrogens (tertiary/aromatic N) is 1. The molecule has 114 valence electrons. The van der Waals surface area contributed by atoms with Crippen molar-refractivity contribution in [3.8, 4) is 0 Å². The molecular formula is C12H23N5O3. The van der Waals surface area contributed by atoms with Crippen LogP contribution in [0.5, 0.6) is 0 Å². The van der Waals surface area contributed by atoms with Crippen molar-refractivity contribution in [1.29, 1.82) is 0 Å². The van der Waals surface area contributed by atoms with Crippen LogP contribution < -0.4 is 21.7 Å². The van der Waals surface area contributed by atoms with E-state index >= 15 is 0 Å². The zero-order valence-corrected chi connectivity index (χ0v) is 11.9. The number of primary amides is 1. The average Bonchev–Trinajstić information content (AvgIpc) is 2.36. The summed E-state index contributed by atoms with van der Waals surface area (Å²) in [5.74, 6) is -0.614. The van der Waals surface area contributed by atoms with Crippen LogP contribution in [0, 0.1) is 5.92 Å². The second kappa shape index (κ2) is 7.81. The number of nitrogens with two attached hydrogens (primary N) is 1. The zero-order valence-electron chi connectivity index (χ0n) is 11.9. The largest absolute Gasteiger partial charge is 0.368 e. The Labute approximate surface area is 118 Å². The lowest BCUT2D eigenvalue weighted by Crippen LogP contribution is -2.59. The normalized spacial score (nSPS) is 19.6. The summed E-state index contributed by atoms with van der Waals surface area (Å²) in [6, 6.07) is -1.04. The predicted octanol–water partition coefficient (Wildman–Crippen LogP) is -1.77. The van der Waals surface area contributed by atoms with E-state index in [2.05, 4.69) is 16.0 Å². The van der Waals surface area contributed by atoms with Gasteiger partial charge in [0.25, 0.3) is 0 Å². The molecule has 1 heterocycles.